The zero-order valence-corrected chi connectivity index (χ0v) is 10.6. The van der Waals surface area contributed by atoms with E-state index in [-0.39, 0.29) is 11.4 Å². The number of nitrogens with zero attached hydrogens (tertiary/aromatic N) is 1. The van der Waals surface area contributed by atoms with Crippen molar-refractivity contribution in [2.45, 2.75) is 19.8 Å². The Morgan fingerprint density at radius 1 is 1.33 bits per heavy atom. The number of fused-ring (bicyclic) bond motifs is 1. The van der Waals surface area contributed by atoms with Crippen LogP contribution in [0.3, 0.4) is 0 Å². The van der Waals surface area contributed by atoms with Crippen LogP contribution in [0.1, 0.15) is 35.7 Å². The summed E-state index contributed by atoms with van der Waals surface area (Å²) in [4.78, 5) is 15.3. The molecule has 1 N–H and O–H groups in total. The number of hydrogen-bond donors (Lipinski definition) is 1. The van der Waals surface area contributed by atoms with E-state index in [4.69, 9.17) is 9.84 Å². The van der Waals surface area contributed by atoms with E-state index >= 15 is 0 Å². The zero-order valence-electron chi connectivity index (χ0n) is 10.6. The molecule has 0 bridgehead atoms. The largest absolute Gasteiger partial charge is 0.480 e. The van der Waals surface area contributed by atoms with Crippen molar-refractivity contribution >= 4 is 16.9 Å². The molecule has 4 heteroatoms. The average Bonchev–Trinajstić information content (AvgIpc) is 2.36. The first-order chi connectivity index (χ1) is 8.52. The highest BCUT2D eigenvalue weighted by Crippen LogP contribution is 2.25. The summed E-state index contributed by atoms with van der Waals surface area (Å²) in [6, 6.07) is 7.47. The second-order valence-corrected chi connectivity index (χ2v) is 4.46. The van der Waals surface area contributed by atoms with E-state index in [9.17, 15) is 4.79 Å². The SMILES string of the molecule is COc1nc2ccc(C(C)C)cc2cc1C(=O)O. The molecule has 0 aliphatic carbocycles. The second kappa shape index (κ2) is 4.64. The first-order valence-electron chi connectivity index (χ1n) is 5.75. The van der Waals surface area contributed by atoms with Gasteiger partial charge in [-0.15, -0.1) is 0 Å². The van der Waals surface area contributed by atoms with Crippen LogP contribution in [0.5, 0.6) is 5.88 Å². The Hall–Kier alpha value is -2.10. The van der Waals surface area contributed by atoms with Crippen LogP contribution >= 0.6 is 0 Å². The van der Waals surface area contributed by atoms with Crippen LogP contribution in [0, 0.1) is 0 Å². The molecule has 0 amide bonds. The quantitative estimate of drug-likeness (QED) is 0.902. The van der Waals surface area contributed by atoms with Crippen LogP contribution in [0.4, 0.5) is 0 Å². The molecular weight excluding hydrogens is 230 g/mol. The summed E-state index contributed by atoms with van der Waals surface area (Å²) >= 11 is 0. The van der Waals surface area contributed by atoms with E-state index in [2.05, 4.69) is 18.8 Å². The molecule has 0 fully saturated rings. The molecule has 0 saturated carbocycles. The lowest BCUT2D eigenvalue weighted by Gasteiger charge is -2.09. The van der Waals surface area contributed by atoms with Gasteiger partial charge >= 0.3 is 5.97 Å². The average molecular weight is 245 g/mol. The summed E-state index contributed by atoms with van der Waals surface area (Å²) in [6.45, 7) is 4.19. The molecule has 4 nitrogen and oxygen atoms in total. The lowest BCUT2D eigenvalue weighted by Crippen LogP contribution is -2.03. The van der Waals surface area contributed by atoms with E-state index in [0.29, 0.717) is 5.92 Å². The number of hydrogen-bond acceptors (Lipinski definition) is 3. The van der Waals surface area contributed by atoms with Gasteiger partial charge in [-0.3, -0.25) is 0 Å². The van der Waals surface area contributed by atoms with Gasteiger partial charge in [0.25, 0.3) is 0 Å². The van der Waals surface area contributed by atoms with Crippen LogP contribution in [-0.4, -0.2) is 23.2 Å². The minimum Gasteiger partial charge on any atom is -0.480 e. The van der Waals surface area contributed by atoms with Crippen molar-refractivity contribution in [2.75, 3.05) is 7.11 Å². The van der Waals surface area contributed by atoms with Gasteiger partial charge < -0.3 is 9.84 Å². The van der Waals surface area contributed by atoms with Crippen LogP contribution < -0.4 is 4.74 Å². The third kappa shape index (κ3) is 2.14. The molecule has 0 aliphatic rings. The highest BCUT2D eigenvalue weighted by molar-refractivity contribution is 5.95. The summed E-state index contributed by atoms with van der Waals surface area (Å²) in [7, 11) is 1.42. The number of carboxylic acid groups (broad SMARTS) is 1. The topological polar surface area (TPSA) is 59.4 Å². The predicted molar refractivity (Wildman–Crippen MR) is 69.3 cm³/mol. The molecule has 0 atom stereocenters. The molecule has 1 aromatic heterocycles. The number of carboxylic acids is 1. The number of rotatable bonds is 3. The summed E-state index contributed by atoms with van der Waals surface area (Å²) in [5, 5.41) is 9.93. The zero-order chi connectivity index (χ0) is 13.3. The van der Waals surface area contributed by atoms with Gasteiger partial charge in [0.15, 0.2) is 0 Å². The maximum absolute atomic E-state index is 11.1. The van der Waals surface area contributed by atoms with E-state index in [0.717, 1.165) is 16.5 Å². The standard InChI is InChI=1S/C14H15NO3/c1-8(2)9-4-5-12-10(6-9)7-11(14(16)17)13(15-12)18-3/h4-8H,1-3H3,(H,16,17). The lowest BCUT2D eigenvalue weighted by molar-refractivity contribution is 0.0692. The van der Waals surface area contributed by atoms with Crippen molar-refractivity contribution in [2.24, 2.45) is 0 Å². The molecule has 2 rings (SSSR count). The summed E-state index contributed by atoms with van der Waals surface area (Å²) < 4.78 is 5.00. The highest BCUT2D eigenvalue weighted by atomic mass is 16.5. The van der Waals surface area contributed by atoms with Crippen LogP contribution in [-0.2, 0) is 0 Å². The number of aromatic carboxylic acids is 1. The van der Waals surface area contributed by atoms with Gasteiger partial charge in [0.1, 0.15) is 5.56 Å². The Morgan fingerprint density at radius 2 is 2.06 bits per heavy atom. The lowest BCUT2D eigenvalue weighted by atomic mass is 10.0. The normalized spacial score (nSPS) is 10.9. The van der Waals surface area contributed by atoms with Gasteiger partial charge in [-0.25, -0.2) is 9.78 Å². The number of methoxy groups -OCH3 is 1. The molecule has 2 aromatic rings. The van der Waals surface area contributed by atoms with Gasteiger partial charge in [-0.05, 0) is 29.7 Å². The van der Waals surface area contributed by atoms with E-state index < -0.39 is 5.97 Å². The molecule has 0 radical (unpaired) electrons. The van der Waals surface area contributed by atoms with Crippen molar-refractivity contribution in [3.8, 4) is 5.88 Å². The van der Waals surface area contributed by atoms with Crippen molar-refractivity contribution in [1.82, 2.24) is 4.98 Å². The predicted octanol–water partition coefficient (Wildman–Crippen LogP) is 3.07. The first-order valence-corrected chi connectivity index (χ1v) is 5.75. The summed E-state index contributed by atoms with van der Waals surface area (Å²) in [5.74, 6) is -0.492. The maximum atomic E-state index is 11.1. The van der Waals surface area contributed by atoms with E-state index in [1.54, 1.807) is 6.07 Å². The number of pyridine rings is 1. The fourth-order valence-electron chi connectivity index (χ4n) is 1.85. The van der Waals surface area contributed by atoms with Crippen LogP contribution in [0.2, 0.25) is 0 Å². The number of aromatic nitrogens is 1. The Morgan fingerprint density at radius 3 is 2.61 bits per heavy atom. The number of benzene rings is 1. The van der Waals surface area contributed by atoms with Crippen molar-refractivity contribution in [3.05, 3.63) is 35.4 Å². The molecule has 1 aromatic carbocycles. The molecular formula is C14H15NO3. The molecule has 94 valence electrons. The molecule has 18 heavy (non-hydrogen) atoms. The number of carbonyl (C=O) groups is 1. The van der Waals surface area contributed by atoms with Crippen LogP contribution in [0.25, 0.3) is 10.9 Å². The Labute approximate surface area is 105 Å². The third-order valence-corrected chi connectivity index (χ3v) is 2.89. The summed E-state index contributed by atoms with van der Waals surface area (Å²) in [6.07, 6.45) is 0. The van der Waals surface area contributed by atoms with Crippen molar-refractivity contribution < 1.29 is 14.6 Å². The maximum Gasteiger partial charge on any atom is 0.341 e. The van der Waals surface area contributed by atoms with Gasteiger partial charge in [0.05, 0.1) is 12.6 Å². The minimum atomic E-state index is -1.03. The van der Waals surface area contributed by atoms with Gasteiger partial charge in [-0.2, -0.15) is 0 Å². The minimum absolute atomic E-state index is 0.0888. The monoisotopic (exact) mass is 245 g/mol. The van der Waals surface area contributed by atoms with Gasteiger partial charge in [0.2, 0.25) is 5.88 Å². The highest BCUT2D eigenvalue weighted by Gasteiger charge is 2.14. The fourth-order valence-corrected chi connectivity index (χ4v) is 1.85. The molecule has 0 spiro atoms. The first kappa shape index (κ1) is 12.4. The van der Waals surface area contributed by atoms with Crippen LogP contribution in [0.15, 0.2) is 24.3 Å². The van der Waals surface area contributed by atoms with Gasteiger partial charge in [-0.1, -0.05) is 19.9 Å². The molecule has 1 heterocycles. The van der Waals surface area contributed by atoms with E-state index in [1.165, 1.54) is 7.11 Å². The van der Waals surface area contributed by atoms with E-state index in [1.807, 2.05) is 18.2 Å². The molecule has 0 unspecified atom stereocenters. The Kier molecular flexibility index (Phi) is 3.19. The Balaban J connectivity index is 2.68. The second-order valence-electron chi connectivity index (χ2n) is 4.46. The van der Waals surface area contributed by atoms with Gasteiger partial charge in [0, 0.05) is 5.39 Å². The van der Waals surface area contributed by atoms with Crippen molar-refractivity contribution in [1.29, 1.82) is 0 Å². The molecule has 0 saturated heterocycles. The third-order valence-electron chi connectivity index (χ3n) is 2.89. The molecule has 0 aliphatic heterocycles. The van der Waals surface area contributed by atoms with Crippen molar-refractivity contribution in [3.63, 3.8) is 0 Å². The summed E-state index contributed by atoms with van der Waals surface area (Å²) in [5.41, 5.74) is 1.98. The Bertz CT molecular complexity index is 605. The number of ether oxygens (including phenoxy) is 1. The fraction of sp³-hybridized carbons (Fsp3) is 0.286. The smallest absolute Gasteiger partial charge is 0.341 e.